The van der Waals surface area contributed by atoms with Crippen LogP contribution in [0.4, 0.5) is 5.69 Å². The summed E-state index contributed by atoms with van der Waals surface area (Å²) in [5, 5.41) is 4.09. The average molecular weight is 368 g/mol. The molecule has 0 aliphatic carbocycles. The van der Waals surface area contributed by atoms with Crippen LogP contribution >= 0.6 is 11.3 Å². The van der Waals surface area contributed by atoms with Crippen LogP contribution < -0.4 is 5.32 Å². The van der Waals surface area contributed by atoms with Crippen LogP contribution in [0.2, 0.25) is 0 Å². The van der Waals surface area contributed by atoms with E-state index in [-0.39, 0.29) is 11.9 Å². The predicted octanol–water partition coefficient (Wildman–Crippen LogP) is 5.05. The molecule has 2 aromatic carbocycles. The van der Waals surface area contributed by atoms with Crippen molar-refractivity contribution in [3.8, 4) is 0 Å². The number of carbonyl (C=O) groups excluding carboxylic acids is 1. The fraction of sp³-hybridized carbons (Fsp3) is 0.333. The molecule has 0 aliphatic heterocycles. The summed E-state index contributed by atoms with van der Waals surface area (Å²) in [6, 6.07) is 16.2. The molecular formula is C21H25N3OS. The monoisotopic (exact) mass is 367 g/mol. The molecule has 1 atom stereocenters. The topological polar surface area (TPSA) is 45.2 Å². The van der Waals surface area contributed by atoms with Crippen molar-refractivity contribution >= 4 is 33.1 Å². The zero-order chi connectivity index (χ0) is 18.7. The number of nitrogens with zero attached hydrogens (tertiary/aromatic N) is 2. The Bertz CT molecular complexity index is 870. The third-order valence-corrected chi connectivity index (χ3v) is 5.79. The van der Waals surface area contributed by atoms with Crippen molar-refractivity contribution in [3.63, 3.8) is 0 Å². The highest BCUT2D eigenvalue weighted by atomic mass is 32.1. The van der Waals surface area contributed by atoms with Crippen LogP contribution in [0, 0.1) is 0 Å². The summed E-state index contributed by atoms with van der Waals surface area (Å²) in [5.74, 6) is 0.361. The number of fused-ring (bicyclic) bond motifs is 1. The number of likely N-dealkylation sites (N-methyl/N-ethyl adjacent to an activating group) is 1. The Morgan fingerprint density at radius 1 is 1.12 bits per heavy atom. The molecular weight excluding hydrogens is 342 g/mol. The van der Waals surface area contributed by atoms with Gasteiger partial charge in [-0.3, -0.25) is 9.69 Å². The first kappa shape index (κ1) is 18.5. The number of aromatic nitrogens is 1. The first-order chi connectivity index (χ1) is 12.5. The van der Waals surface area contributed by atoms with Gasteiger partial charge in [0, 0.05) is 5.69 Å². The molecule has 3 aromatic rings. The number of amides is 1. The molecule has 3 rings (SSSR count). The lowest BCUT2D eigenvalue weighted by atomic mass is 10.0. The molecule has 0 saturated carbocycles. The van der Waals surface area contributed by atoms with Crippen LogP contribution in [0.25, 0.3) is 10.2 Å². The third-order valence-electron chi connectivity index (χ3n) is 4.58. The lowest BCUT2D eigenvalue weighted by molar-refractivity contribution is -0.117. The molecule has 0 fully saturated rings. The number of carbonyl (C=O) groups is 1. The second-order valence-electron chi connectivity index (χ2n) is 6.90. The minimum Gasteiger partial charge on any atom is -0.325 e. The first-order valence-electron chi connectivity index (χ1n) is 8.90. The number of nitrogens with one attached hydrogen (secondary N) is 1. The molecule has 1 amide bonds. The third kappa shape index (κ3) is 4.11. The second kappa shape index (κ2) is 7.98. The standard InChI is InChI=1S/C21H25N3OS/c1-14(2)16-9-5-6-10-17(16)22-20(25)13-24(4)15(3)21-23-18-11-7-8-12-19(18)26-21/h5-12,14-15H,13H2,1-4H3,(H,22,25)/t15-/m0/s1. The van der Waals surface area contributed by atoms with E-state index < -0.39 is 0 Å². The van der Waals surface area contributed by atoms with E-state index in [0.29, 0.717) is 12.5 Å². The summed E-state index contributed by atoms with van der Waals surface area (Å²) in [7, 11) is 1.96. The smallest absolute Gasteiger partial charge is 0.238 e. The summed E-state index contributed by atoms with van der Waals surface area (Å²) in [5.41, 5.74) is 3.07. The molecule has 0 aliphatic rings. The summed E-state index contributed by atoms with van der Waals surface area (Å²) in [6.45, 7) is 6.68. The van der Waals surface area contributed by atoms with Crippen molar-refractivity contribution in [3.05, 3.63) is 59.1 Å². The van der Waals surface area contributed by atoms with Crippen molar-refractivity contribution in [2.45, 2.75) is 32.7 Å². The molecule has 0 unspecified atom stereocenters. The second-order valence-corrected chi connectivity index (χ2v) is 7.96. The molecule has 26 heavy (non-hydrogen) atoms. The van der Waals surface area contributed by atoms with Gasteiger partial charge in [-0.1, -0.05) is 44.2 Å². The highest BCUT2D eigenvalue weighted by Gasteiger charge is 2.19. The Hall–Kier alpha value is -2.24. The van der Waals surface area contributed by atoms with Crippen LogP contribution in [0.15, 0.2) is 48.5 Å². The maximum atomic E-state index is 12.5. The highest BCUT2D eigenvalue weighted by molar-refractivity contribution is 7.18. The first-order valence-corrected chi connectivity index (χ1v) is 9.72. The molecule has 0 spiro atoms. The molecule has 4 nitrogen and oxygen atoms in total. The van der Waals surface area contributed by atoms with Crippen LogP contribution in [-0.4, -0.2) is 29.4 Å². The van der Waals surface area contributed by atoms with Gasteiger partial charge in [0.2, 0.25) is 5.91 Å². The van der Waals surface area contributed by atoms with E-state index in [0.717, 1.165) is 21.8 Å². The summed E-state index contributed by atoms with van der Waals surface area (Å²) < 4.78 is 1.18. The Kier molecular flexibility index (Phi) is 5.69. The maximum Gasteiger partial charge on any atom is 0.238 e. The number of anilines is 1. The van der Waals surface area contributed by atoms with Crippen LogP contribution in [0.3, 0.4) is 0 Å². The van der Waals surface area contributed by atoms with E-state index in [1.807, 2.05) is 48.3 Å². The van der Waals surface area contributed by atoms with Crippen molar-refractivity contribution in [2.75, 3.05) is 18.9 Å². The van der Waals surface area contributed by atoms with Gasteiger partial charge in [0.1, 0.15) is 5.01 Å². The van der Waals surface area contributed by atoms with E-state index in [9.17, 15) is 4.79 Å². The van der Waals surface area contributed by atoms with Crippen molar-refractivity contribution in [1.82, 2.24) is 9.88 Å². The van der Waals surface area contributed by atoms with Gasteiger partial charge in [-0.2, -0.15) is 0 Å². The lowest BCUT2D eigenvalue weighted by Crippen LogP contribution is -2.32. The van der Waals surface area contributed by atoms with Crippen molar-refractivity contribution < 1.29 is 4.79 Å². The molecule has 1 N–H and O–H groups in total. The number of para-hydroxylation sites is 2. The average Bonchev–Trinajstić information content (AvgIpc) is 3.05. The van der Waals surface area contributed by atoms with E-state index >= 15 is 0 Å². The Morgan fingerprint density at radius 2 is 1.81 bits per heavy atom. The Morgan fingerprint density at radius 3 is 2.54 bits per heavy atom. The summed E-state index contributed by atoms with van der Waals surface area (Å²) in [4.78, 5) is 19.3. The van der Waals surface area contributed by atoms with E-state index in [1.54, 1.807) is 11.3 Å². The maximum absolute atomic E-state index is 12.5. The number of thiazole rings is 1. The number of rotatable bonds is 6. The molecule has 0 saturated heterocycles. The molecule has 0 radical (unpaired) electrons. The molecule has 1 heterocycles. The highest BCUT2D eigenvalue weighted by Crippen LogP contribution is 2.29. The predicted molar refractivity (Wildman–Crippen MR) is 110 cm³/mol. The van der Waals surface area contributed by atoms with Crippen LogP contribution in [-0.2, 0) is 4.79 Å². The lowest BCUT2D eigenvalue weighted by Gasteiger charge is -2.22. The quantitative estimate of drug-likeness (QED) is 0.663. The van der Waals surface area contributed by atoms with Gasteiger partial charge in [-0.15, -0.1) is 11.3 Å². The van der Waals surface area contributed by atoms with Crippen molar-refractivity contribution in [2.24, 2.45) is 0 Å². The number of hydrogen-bond acceptors (Lipinski definition) is 4. The fourth-order valence-electron chi connectivity index (χ4n) is 2.92. The van der Waals surface area contributed by atoms with Crippen LogP contribution in [0.5, 0.6) is 0 Å². The van der Waals surface area contributed by atoms with Crippen molar-refractivity contribution in [1.29, 1.82) is 0 Å². The summed E-state index contributed by atoms with van der Waals surface area (Å²) >= 11 is 1.69. The molecule has 136 valence electrons. The number of hydrogen-bond donors (Lipinski definition) is 1. The number of benzene rings is 2. The van der Waals surface area contributed by atoms with E-state index in [4.69, 9.17) is 4.98 Å². The molecule has 5 heteroatoms. The largest absolute Gasteiger partial charge is 0.325 e. The van der Waals surface area contributed by atoms with Gasteiger partial charge in [-0.25, -0.2) is 4.98 Å². The zero-order valence-corrected chi connectivity index (χ0v) is 16.5. The van der Waals surface area contributed by atoms with E-state index in [1.165, 1.54) is 4.70 Å². The minimum absolute atomic E-state index is 0.00596. The van der Waals surface area contributed by atoms with Gasteiger partial charge >= 0.3 is 0 Å². The van der Waals surface area contributed by atoms with Gasteiger partial charge < -0.3 is 5.32 Å². The Balaban J connectivity index is 1.67. The van der Waals surface area contributed by atoms with E-state index in [2.05, 4.69) is 38.2 Å². The van der Waals surface area contributed by atoms with Crippen LogP contribution in [0.1, 0.15) is 43.3 Å². The fourth-order valence-corrected chi connectivity index (χ4v) is 4.01. The SMILES string of the molecule is CC(C)c1ccccc1NC(=O)CN(C)[C@@H](C)c1nc2ccccc2s1. The normalized spacial score (nSPS) is 12.7. The zero-order valence-electron chi connectivity index (χ0n) is 15.7. The molecule has 0 bridgehead atoms. The van der Waals surface area contributed by atoms with Gasteiger partial charge in [0.25, 0.3) is 0 Å². The Labute approximate surface area is 158 Å². The summed E-state index contributed by atoms with van der Waals surface area (Å²) in [6.07, 6.45) is 0. The van der Waals surface area contributed by atoms with Gasteiger partial charge in [-0.05, 0) is 43.7 Å². The van der Waals surface area contributed by atoms with Gasteiger partial charge in [0.15, 0.2) is 0 Å². The minimum atomic E-state index is -0.00596. The molecule has 1 aromatic heterocycles. The van der Waals surface area contributed by atoms with Gasteiger partial charge in [0.05, 0.1) is 22.8 Å².